The predicted molar refractivity (Wildman–Crippen MR) is 261 cm³/mol. The van der Waals surface area contributed by atoms with E-state index in [1.165, 1.54) is 66.6 Å². The number of halogens is 3. The highest BCUT2D eigenvalue weighted by atomic mass is 79.9. The van der Waals surface area contributed by atoms with Crippen molar-refractivity contribution < 1.29 is 14.7 Å². The first-order valence-corrected chi connectivity index (χ1v) is 25.7. The van der Waals surface area contributed by atoms with Crippen molar-refractivity contribution in [3.63, 3.8) is 0 Å². The summed E-state index contributed by atoms with van der Waals surface area (Å²) in [6, 6.07) is 16.3. The number of H-pyrrole nitrogens is 2. The highest BCUT2D eigenvalue weighted by molar-refractivity contribution is 9.69. The minimum atomic E-state index is -0.674. The number of carbonyl (C=O) groups excluding carboxylic acids is 2. The predicted octanol–water partition coefficient (Wildman–Crippen LogP) is 6.51. The lowest BCUT2D eigenvalue weighted by Gasteiger charge is -2.56. The number of carbonyl (C=O) groups is 2. The molecule has 2 aromatic carbocycles. The molecule has 15 heteroatoms. The van der Waals surface area contributed by atoms with Gasteiger partial charge in [-0.15, -0.1) is 47.3 Å². The molecular weight excluding hydrogens is 1000 g/mol. The number of benzene rings is 2. The number of amides is 2. The molecule has 2 aromatic heterocycles. The molecule has 2 saturated heterocycles. The Labute approximate surface area is 398 Å². The fourth-order valence-electron chi connectivity index (χ4n) is 13.5. The molecule has 0 unspecified atom stereocenters. The Bertz CT molecular complexity index is 2520. The van der Waals surface area contributed by atoms with Crippen molar-refractivity contribution in [2.45, 2.75) is 94.8 Å². The van der Waals surface area contributed by atoms with Crippen LogP contribution in [0, 0.1) is 29.6 Å². The van der Waals surface area contributed by atoms with Gasteiger partial charge in [0.15, 0.2) is 0 Å². The zero-order valence-corrected chi connectivity index (χ0v) is 41.1. The number of aromatic amines is 2. The number of phenols is 1. The molecule has 4 fully saturated rings. The summed E-state index contributed by atoms with van der Waals surface area (Å²) >= 11 is 9.31. The summed E-state index contributed by atoms with van der Waals surface area (Å²) < 4.78 is 0.271. The second kappa shape index (κ2) is 16.4. The summed E-state index contributed by atoms with van der Waals surface area (Å²) in [6.07, 6.45) is 12.9. The summed E-state index contributed by atoms with van der Waals surface area (Å²) in [7, 11) is 0. The van der Waals surface area contributed by atoms with Crippen LogP contribution in [0.3, 0.4) is 0 Å². The lowest BCUT2D eigenvalue weighted by Crippen LogP contribution is -2.60. The first kappa shape index (κ1) is 44.3. The topological polar surface area (TPSA) is 179 Å². The number of phenolic OH excluding ortho intramolecular Hbond substituents is 1. The van der Waals surface area contributed by atoms with E-state index in [0.717, 1.165) is 112 Å². The maximum absolute atomic E-state index is 12.5. The van der Waals surface area contributed by atoms with Gasteiger partial charge in [-0.25, -0.2) is 0 Å². The number of fused-ring (bicyclic) bond motifs is 4. The maximum Gasteiger partial charge on any atom is 0.369 e. The summed E-state index contributed by atoms with van der Waals surface area (Å²) in [4.78, 5) is 59.9. The quantitative estimate of drug-likeness (QED) is 0.137. The van der Waals surface area contributed by atoms with E-state index in [2.05, 4.69) is 98.2 Å². The van der Waals surface area contributed by atoms with Gasteiger partial charge in [-0.3, -0.25) is 19.2 Å². The first-order valence-electron chi connectivity index (χ1n) is 22.9. The van der Waals surface area contributed by atoms with Gasteiger partial charge in [-0.2, -0.15) is 0 Å². The van der Waals surface area contributed by atoms with Gasteiger partial charge in [0.25, 0.3) is 22.9 Å². The number of nitrogens with one attached hydrogen (secondary N) is 2. The van der Waals surface area contributed by atoms with E-state index >= 15 is 0 Å². The van der Waals surface area contributed by atoms with Crippen molar-refractivity contribution in [3.05, 3.63) is 131 Å². The Kier molecular flexibility index (Phi) is 11.4. The Morgan fingerprint density at radius 3 is 1.53 bits per heavy atom. The van der Waals surface area contributed by atoms with Crippen LogP contribution in [-0.4, -0.2) is 79.1 Å². The average Bonchev–Trinajstić information content (AvgIpc) is 4.17. The number of hydrogen-bond donors (Lipinski definition) is 5. The average molecular weight is 1060 g/mol. The van der Waals surface area contributed by atoms with Crippen LogP contribution in [0.4, 0.5) is 0 Å². The SMILES string of the molecule is BrB(Br)Br.Cc1ccc2c(c1)[C@]13CCN(CC4CC4)C[C@@]1(C2)Cc1cc(C(N)=O)c(=O)[nH]c1C3.NC(=O)c1cc2c([nH]c1=O)C[C@@]13CCN(CC4CC4)C[C@@]1(Cc1ccc(O)cc13)C2. The molecule has 8 aliphatic rings. The number of aromatic nitrogens is 2. The van der Waals surface area contributed by atoms with Crippen molar-refractivity contribution in [3.8, 4) is 5.75 Å². The molecular formula is C49H56BBr3N6O5. The van der Waals surface area contributed by atoms with E-state index in [1.54, 1.807) is 18.2 Å². The van der Waals surface area contributed by atoms with E-state index in [4.69, 9.17) is 11.5 Å². The number of pyridine rings is 2. The van der Waals surface area contributed by atoms with Gasteiger partial charge >= 0.3 is 3.18 Å². The lowest BCUT2D eigenvalue weighted by molar-refractivity contribution is 0.00114. The van der Waals surface area contributed by atoms with Gasteiger partial charge in [0.2, 0.25) is 0 Å². The fourth-order valence-corrected chi connectivity index (χ4v) is 13.5. The number of primary amides is 2. The maximum atomic E-state index is 12.5. The summed E-state index contributed by atoms with van der Waals surface area (Å²) in [5.74, 6) is 0.719. The molecule has 0 spiro atoms. The van der Waals surface area contributed by atoms with Gasteiger partial charge < -0.3 is 36.3 Å². The minimum absolute atomic E-state index is 0.0103. The van der Waals surface area contributed by atoms with E-state index in [0.29, 0.717) is 5.75 Å². The van der Waals surface area contributed by atoms with Crippen molar-refractivity contribution in [2.24, 2.45) is 34.1 Å². The number of rotatable bonds is 6. The van der Waals surface area contributed by atoms with E-state index in [1.807, 2.05) is 6.07 Å². The third-order valence-electron chi connectivity index (χ3n) is 16.6. The van der Waals surface area contributed by atoms with Crippen LogP contribution in [0.15, 0.2) is 58.1 Å². The summed E-state index contributed by atoms with van der Waals surface area (Å²) in [5.41, 5.74) is 21.4. The monoisotopic (exact) mass is 1060 g/mol. The highest BCUT2D eigenvalue weighted by Crippen LogP contribution is 2.63. The van der Waals surface area contributed by atoms with Crippen LogP contribution in [-0.2, 0) is 49.4 Å². The van der Waals surface area contributed by atoms with Crippen LogP contribution >= 0.6 is 47.3 Å². The Hall–Kier alpha value is -3.50. The molecule has 2 amide bonds. The third kappa shape index (κ3) is 7.70. The molecule has 4 aromatic rings. The molecule has 2 aliphatic heterocycles. The largest absolute Gasteiger partial charge is 0.508 e. The minimum Gasteiger partial charge on any atom is -0.508 e. The van der Waals surface area contributed by atoms with Gasteiger partial charge in [-0.1, -0.05) is 29.8 Å². The van der Waals surface area contributed by atoms with Crippen LogP contribution in [0.5, 0.6) is 5.75 Å². The number of aromatic hydroxyl groups is 1. The van der Waals surface area contributed by atoms with E-state index < -0.39 is 17.4 Å². The highest BCUT2D eigenvalue weighted by Gasteiger charge is 2.63. The number of aryl methyl sites for hydroxylation is 1. The van der Waals surface area contributed by atoms with Gasteiger partial charge in [0, 0.05) is 59.2 Å². The van der Waals surface area contributed by atoms with Crippen LogP contribution in [0.1, 0.15) is 110 Å². The molecule has 4 heterocycles. The molecule has 6 aliphatic carbocycles. The van der Waals surface area contributed by atoms with Gasteiger partial charge in [-0.05, 0) is 167 Å². The van der Waals surface area contributed by atoms with Crippen molar-refractivity contribution >= 4 is 62.3 Å². The number of nitrogens with two attached hydrogens (primary N) is 2. The van der Waals surface area contributed by atoms with Crippen molar-refractivity contribution in [1.82, 2.24) is 19.8 Å². The zero-order chi connectivity index (χ0) is 44.9. The Morgan fingerprint density at radius 1 is 0.672 bits per heavy atom. The van der Waals surface area contributed by atoms with Crippen LogP contribution in [0.25, 0.3) is 0 Å². The Morgan fingerprint density at radius 2 is 1.09 bits per heavy atom. The zero-order valence-electron chi connectivity index (χ0n) is 36.3. The smallest absolute Gasteiger partial charge is 0.369 e. The lowest BCUT2D eigenvalue weighted by atomic mass is 9.52. The van der Waals surface area contributed by atoms with Gasteiger partial charge in [0.1, 0.15) is 16.9 Å². The number of likely N-dealkylation sites (tertiary alicyclic amines) is 2. The van der Waals surface area contributed by atoms with E-state index in [-0.39, 0.29) is 41.5 Å². The number of nitrogens with zero attached hydrogens (tertiary/aromatic N) is 2. The molecule has 11 nitrogen and oxygen atoms in total. The summed E-state index contributed by atoms with van der Waals surface area (Å²) in [5, 5.41) is 10.3. The van der Waals surface area contributed by atoms with Gasteiger partial charge in [0.05, 0.1) is 0 Å². The third-order valence-corrected chi connectivity index (χ3v) is 16.6. The number of piperidine rings is 2. The molecule has 64 heavy (non-hydrogen) atoms. The molecule has 7 N–H and O–H groups in total. The first-order chi connectivity index (χ1) is 30.5. The van der Waals surface area contributed by atoms with E-state index in [9.17, 15) is 24.3 Å². The molecule has 0 bridgehead atoms. The summed E-state index contributed by atoms with van der Waals surface area (Å²) in [6.45, 7) is 8.86. The van der Waals surface area contributed by atoms with Crippen LogP contribution in [0.2, 0.25) is 0 Å². The molecule has 4 atom stereocenters. The molecule has 12 rings (SSSR count). The molecule has 336 valence electrons. The second-order valence-electron chi connectivity index (χ2n) is 20.7. The molecule has 0 radical (unpaired) electrons. The number of hydrogen-bond acceptors (Lipinski definition) is 7. The van der Waals surface area contributed by atoms with Crippen molar-refractivity contribution in [2.75, 3.05) is 39.3 Å². The standard InChI is InChI=1S/C25H29N3O2.C24H27N3O3.BBr3/c1-15-2-5-17-10-24-11-18-9-19(22(26)29)23(30)27-21(18)12-25(24,20(17)8-15)6-7-28(14-24)13-16-3-4-16;25-21(29)18-7-16-10-23-9-15-3-4-17(28)8-19(15)24(23,11-20(16)26-22(18)30)5-6-27(13-23)12-14-1-2-14;2-1(3)4/h2,5,8-9,16H,3-4,6-7,10-14H2,1H3,(H2,26,29)(H,27,30);3-4,7-8,14,28H,1-2,5-6,9-13H2,(H2,25,29)(H,26,30);/t24-,25-;23-,24-;/m11./s1. The van der Waals surface area contributed by atoms with Crippen LogP contribution < -0.4 is 22.6 Å². The Balaban J connectivity index is 0.000000140. The normalized spacial score (nSPS) is 28.2. The molecule has 2 saturated carbocycles. The second-order valence-corrected chi connectivity index (χ2v) is 27.1. The fraction of sp³-hybridized carbons (Fsp3) is 0.510. The van der Waals surface area contributed by atoms with Crippen molar-refractivity contribution in [1.29, 1.82) is 0 Å².